The van der Waals surface area contributed by atoms with Gasteiger partial charge in [-0.05, 0) is 48.7 Å². The molecule has 1 aliphatic rings. The summed E-state index contributed by atoms with van der Waals surface area (Å²) in [6.07, 6.45) is 1.35. The molecule has 0 radical (unpaired) electrons. The summed E-state index contributed by atoms with van der Waals surface area (Å²) in [5.74, 6) is 2.31. The number of aliphatic imine (C=N–C) groups is 1. The maximum absolute atomic E-state index is 11.8. The van der Waals surface area contributed by atoms with Crippen LogP contribution in [0.5, 0.6) is 11.5 Å². The number of anilines is 1. The number of hydrogen-bond donors (Lipinski definition) is 3. The van der Waals surface area contributed by atoms with Gasteiger partial charge in [0.25, 0.3) is 0 Å². The molecule has 2 aromatic rings. The summed E-state index contributed by atoms with van der Waals surface area (Å²) in [5, 5.41) is 9.51. The Morgan fingerprint density at radius 2 is 1.90 bits per heavy atom. The number of benzene rings is 2. The second-order valence-corrected chi connectivity index (χ2v) is 6.73. The Labute approximate surface area is 171 Å². The Morgan fingerprint density at radius 3 is 2.72 bits per heavy atom. The van der Waals surface area contributed by atoms with Crippen molar-refractivity contribution in [2.45, 2.75) is 39.8 Å². The van der Waals surface area contributed by atoms with Crippen molar-refractivity contribution in [1.82, 2.24) is 10.6 Å². The lowest BCUT2D eigenvalue weighted by Gasteiger charge is -2.12. The number of rotatable bonds is 8. The molecule has 1 heterocycles. The molecule has 7 heteroatoms. The van der Waals surface area contributed by atoms with Crippen molar-refractivity contribution in [2.75, 3.05) is 18.7 Å². The molecule has 0 saturated carbocycles. The topological polar surface area (TPSA) is 84.0 Å². The first kappa shape index (κ1) is 20.5. The molecular weight excluding hydrogens is 368 g/mol. The molecule has 0 unspecified atom stereocenters. The molecule has 0 atom stereocenters. The van der Waals surface area contributed by atoms with Crippen LogP contribution in [-0.2, 0) is 17.9 Å². The number of carbonyl (C=O) groups is 1. The molecule has 0 aromatic heterocycles. The van der Waals surface area contributed by atoms with Gasteiger partial charge in [-0.3, -0.25) is 4.79 Å². The van der Waals surface area contributed by atoms with E-state index in [-0.39, 0.29) is 12.7 Å². The Balaban J connectivity index is 1.59. The van der Waals surface area contributed by atoms with Gasteiger partial charge in [-0.2, -0.15) is 0 Å². The fraction of sp³-hybridized carbons (Fsp3) is 0.364. The molecule has 0 spiro atoms. The number of nitrogens with one attached hydrogen (secondary N) is 3. The Hall–Kier alpha value is -3.22. The van der Waals surface area contributed by atoms with Gasteiger partial charge < -0.3 is 25.4 Å². The highest BCUT2D eigenvalue weighted by molar-refractivity contribution is 5.90. The first-order valence-corrected chi connectivity index (χ1v) is 9.97. The predicted molar refractivity (Wildman–Crippen MR) is 114 cm³/mol. The molecule has 29 heavy (non-hydrogen) atoms. The Bertz CT molecular complexity index is 867. The average molecular weight is 396 g/mol. The van der Waals surface area contributed by atoms with E-state index < -0.39 is 0 Å². The molecule has 7 nitrogen and oxygen atoms in total. The maximum atomic E-state index is 11.8. The number of carbonyl (C=O) groups excluding carboxylic acids is 1. The number of fused-ring (bicyclic) bond motifs is 1. The number of guanidine groups is 1. The second-order valence-electron chi connectivity index (χ2n) is 6.73. The number of nitrogens with zero attached hydrogens (tertiary/aromatic N) is 1. The largest absolute Gasteiger partial charge is 0.454 e. The van der Waals surface area contributed by atoms with Gasteiger partial charge in [0.2, 0.25) is 12.7 Å². The van der Waals surface area contributed by atoms with Crippen molar-refractivity contribution in [3.05, 3.63) is 53.6 Å². The SMILES string of the molecule is CCCC(=O)Nc1cccc(CN=C(NCC)NCc2ccc3c(c2)OCO3)c1. The van der Waals surface area contributed by atoms with Crippen LogP contribution in [0.1, 0.15) is 37.8 Å². The first-order chi connectivity index (χ1) is 14.2. The standard InChI is InChI=1S/C22H28N4O3/c1-3-6-21(27)26-18-8-5-7-16(11-18)13-24-22(23-4-2)25-14-17-9-10-19-20(12-17)29-15-28-19/h5,7-12H,3-4,6,13-15H2,1-2H3,(H,26,27)(H2,23,24,25). The van der Waals surface area contributed by atoms with Crippen LogP contribution in [0.15, 0.2) is 47.5 Å². The van der Waals surface area contributed by atoms with Crippen LogP contribution in [0.3, 0.4) is 0 Å². The van der Waals surface area contributed by atoms with Gasteiger partial charge in [-0.1, -0.05) is 25.1 Å². The van der Waals surface area contributed by atoms with Crippen molar-refractivity contribution >= 4 is 17.6 Å². The summed E-state index contributed by atoms with van der Waals surface area (Å²) >= 11 is 0. The minimum Gasteiger partial charge on any atom is -0.454 e. The monoisotopic (exact) mass is 396 g/mol. The highest BCUT2D eigenvalue weighted by Gasteiger charge is 2.13. The van der Waals surface area contributed by atoms with Crippen LogP contribution in [0, 0.1) is 0 Å². The van der Waals surface area contributed by atoms with Crippen molar-refractivity contribution in [3.8, 4) is 11.5 Å². The molecule has 0 bridgehead atoms. The summed E-state index contributed by atoms with van der Waals surface area (Å²) < 4.78 is 10.8. The molecule has 1 amide bonds. The highest BCUT2D eigenvalue weighted by atomic mass is 16.7. The van der Waals surface area contributed by atoms with Gasteiger partial charge >= 0.3 is 0 Å². The fourth-order valence-electron chi connectivity index (χ4n) is 2.95. The lowest BCUT2D eigenvalue weighted by Crippen LogP contribution is -2.36. The molecular formula is C22H28N4O3. The van der Waals surface area contributed by atoms with E-state index in [1.807, 2.05) is 56.3 Å². The normalized spacial score (nSPS) is 12.6. The van der Waals surface area contributed by atoms with Gasteiger partial charge in [0.15, 0.2) is 17.5 Å². The van der Waals surface area contributed by atoms with Crippen LogP contribution in [0.2, 0.25) is 0 Å². The summed E-state index contributed by atoms with van der Waals surface area (Å²) in [6, 6.07) is 13.7. The van der Waals surface area contributed by atoms with Gasteiger partial charge in [0.1, 0.15) is 0 Å². The average Bonchev–Trinajstić information content (AvgIpc) is 3.18. The van der Waals surface area contributed by atoms with Gasteiger partial charge in [0.05, 0.1) is 6.54 Å². The van der Waals surface area contributed by atoms with Gasteiger partial charge in [0, 0.05) is 25.2 Å². The maximum Gasteiger partial charge on any atom is 0.231 e. The first-order valence-electron chi connectivity index (χ1n) is 9.97. The highest BCUT2D eigenvalue weighted by Crippen LogP contribution is 2.32. The lowest BCUT2D eigenvalue weighted by atomic mass is 10.2. The zero-order chi connectivity index (χ0) is 20.5. The van der Waals surface area contributed by atoms with E-state index >= 15 is 0 Å². The third-order valence-corrected chi connectivity index (χ3v) is 4.35. The summed E-state index contributed by atoms with van der Waals surface area (Å²) in [7, 11) is 0. The molecule has 0 fully saturated rings. The van der Waals surface area contributed by atoms with E-state index in [2.05, 4.69) is 20.9 Å². The fourth-order valence-corrected chi connectivity index (χ4v) is 2.95. The summed E-state index contributed by atoms with van der Waals surface area (Å²) in [6.45, 7) is 6.18. The van der Waals surface area contributed by atoms with Crippen LogP contribution >= 0.6 is 0 Å². The van der Waals surface area contributed by atoms with Gasteiger partial charge in [-0.25, -0.2) is 4.99 Å². The molecule has 3 N–H and O–H groups in total. The minimum atomic E-state index is 0.0342. The molecule has 0 saturated heterocycles. The lowest BCUT2D eigenvalue weighted by molar-refractivity contribution is -0.116. The summed E-state index contributed by atoms with van der Waals surface area (Å²) in [5.41, 5.74) is 2.91. The number of amides is 1. The molecule has 0 aliphatic carbocycles. The Kier molecular flexibility index (Phi) is 7.33. The molecule has 154 valence electrons. The van der Waals surface area contributed by atoms with Crippen molar-refractivity contribution in [2.24, 2.45) is 4.99 Å². The molecule has 2 aromatic carbocycles. The van der Waals surface area contributed by atoms with Crippen molar-refractivity contribution < 1.29 is 14.3 Å². The van der Waals surface area contributed by atoms with E-state index in [1.54, 1.807) is 0 Å². The van der Waals surface area contributed by atoms with Gasteiger partial charge in [-0.15, -0.1) is 0 Å². The Morgan fingerprint density at radius 1 is 1.03 bits per heavy atom. The quantitative estimate of drug-likeness (QED) is 0.470. The van der Waals surface area contributed by atoms with E-state index in [0.29, 0.717) is 19.5 Å². The third kappa shape index (κ3) is 6.14. The van der Waals surface area contributed by atoms with E-state index in [1.165, 1.54) is 0 Å². The van der Waals surface area contributed by atoms with E-state index in [0.717, 1.165) is 47.2 Å². The van der Waals surface area contributed by atoms with E-state index in [4.69, 9.17) is 9.47 Å². The zero-order valence-corrected chi connectivity index (χ0v) is 17.0. The third-order valence-electron chi connectivity index (χ3n) is 4.35. The minimum absolute atomic E-state index is 0.0342. The second kappa shape index (κ2) is 10.4. The van der Waals surface area contributed by atoms with Crippen LogP contribution in [-0.4, -0.2) is 25.2 Å². The number of hydrogen-bond acceptors (Lipinski definition) is 4. The zero-order valence-electron chi connectivity index (χ0n) is 17.0. The smallest absolute Gasteiger partial charge is 0.231 e. The number of ether oxygens (including phenoxy) is 2. The van der Waals surface area contributed by atoms with Crippen molar-refractivity contribution in [3.63, 3.8) is 0 Å². The molecule has 3 rings (SSSR count). The predicted octanol–water partition coefficient (Wildman–Crippen LogP) is 3.41. The van der Waals surface area contributed by atoms with E-state index in [9.17, 15) is 4.79 Å². The van der Waals surface area contributed by atoms with Crippen LogP contribution in [0.4, 0.5) is 5.69 Å². The molecule has 1 aliphatic heterocycles. The summed E-state index contributed by atoms with van der Waals surface area (Å²) in [4.78, 5) is 16.4. The van der Waals surface area contributed by atoms with Crippen LogP contribution < -0.4 is 25.4 Å². The van der Waals surface area contributed by atoms with Crippen LogP contribution in [0.25, 0.3) is 0 Å². The van der Waals surface area contributed by atoms with Crippen molar-refractivity contribution in [1.29, 1.82) is 0 Å².